The lowest BCUT2D eigenvalue weighted by Crippen LogP contribution is -2.38. The van der Waals surface area contributed by atoms with Gasteiger partial charge < -0.3 is 9.64 Å². The molecule has 0 bridgehead atoms. The van der Waals surface area contributed by atoms with Crippen LogP contribution in [0.3, 0.4) is 0 Å². The molecule has 1 atom stereocenters. The van der Waals surface area contributed by atoms with Gasteiger partial charge in [-0.3, -0.25) is 4.98 Å². The summed E-state index contributed by atoms with van der Waals surface area (Å²) in [6.45, 7) is 2.56. The zero-order valence-corrected chi connectivity index (χ0v) is 11.8. The van der Waals surface area contributed by atoms with Gasteiger partial charge >= 0.3 is 0 Å². The molecule has 1 aromatic heterocycles. The van der Waals surface area contributed by atoms with Crippen LogP contribution in [0, 0.1) is 11.7 Å². The molecule has 0 aliphatic carbocycles. The van der Waals surface area contributed by atoms with Crippen LogP contribution in [0.15, 0.2) is 42.9 Å². The number of benzene rings is 1. The summed E-state index contributed by atoms with van der Waals surface area (Å²) in [6.07, 6.45) is 7.45. The molecule has 3 rings (SSSR count). The summed E-state index contributed by atoms with van der Waals surface area (Å²) < 4.78 is 18.6. The fourth-order valence-corrected chi connectivity index (χ4v) is 2.61. The van der Waals surface area contributed by atoms with E-state index in [2.05, 4.69) is 14.9 Å². The van der Waals surface area contributed by atoms with Gasteiger partial charge in [-0.05, 0) is 37.1 Å². The molecule has 0 saturated carbocycles. The second kappa shape index (κ2) is 6.52. The van der Waals surface area contributed by atoms with Crippen molar-refractivity contribution in [2.45, 2.75) is 12.8 Å². The van der Waals surface area contributed by atoms with E-state index in [1.165, 1.54) is 12.1 Å². The predicted octanol–water partition coefficient (Wildman–Crippen LogP) is 2.91. The number of piperidine rings is 1. The van der Waals surface area contributed by atoms with Crippen molar-refractivity contribution in [2.75, 3.05) is 24.6 Å². The summed E-state index contributed by atoms with van der Waals surface area (Å²) >= 11 is 0. The van der Waals surface area contributed by atoms with E-state index in [9.17, 15) is 4.39 Å². The second-order valence-electron chi connectivity index (χ2n) is 5.28. The fraction of sp³-hybridized carbons (Fsp3) is 0.375. The Bertz CT molecular complexity index is 561. The van der Waals surface area contributed by atoms with E-state index in [4.69, 9.17) is 4.74 Å². The molecular formula is C16H18FN3O. The Hall–Kier alpha value is -2.17. The van der Waals surface area contributed by atoms with Crippen LogP contribution in [0.25, 0.3) is 0 Å². The van der Waals surface area contributed by atoms with Crippen molar-refractivity contribution in [3.8, 4) is 5.75 Å². The highest BCUT2D eigenvalue weighted by Crippen LogP contribution is 2.22. The van der Waals surface area contributed by atoms with Crippen LogP contribution in [-0.4, -0.2) is 29.7 Å². The molecule has 110 valence electrons. The first-order chi connectivity index (χ1) is 10.3. The molecule has 0 unspecified atom stereocenters. The van der Waals surface area contributed by atoms with Gasteiger partial charge in [0, 0.05) is 31.4 Å². The third kappa shape index (κ3) is 3.68. The average molecular weight is 287 g/mol. The molecule has 2 aromatic rings. The minimum absolute atomic E-state index is 0.242. The molecule has 21 heavy (non-hydrogen) atoms. The van der Waals surface area contributed by atoms with Gasteiger partial charge in [-0.25, -0.2) is 9.37 Å². The summed E-state index contributed by atoms with van der Waals surface area (Å²) in [6, 6.07) is 6.17. The molecule has 1 aliphatic heterocycles. The summed E-state index contributed by atoms with van der Waals surface area (Å²) in [7, 11) is 0. The van der Waals surface area contributed by atoms with Crippen LogP contribution in [0.5, 0.6) is 5.75 Å². The van der Waals surface area contributed by atoms with E-state index < -0.39 is 0 Å². The van der Waals surface area contributed by atoms with Gasteiger partial charge in [-0.15, -0.1) is 0 Å². The minimum atomic E-state index is -0.242. The Balaban J connectivity index is 1.55. The number of hydrogen-bond donors (Lipinski definition) is 0. The molecule has 0 N–H and O–H groups in total. The molecule has 4 nitrogen and oxygen atoms in total. The summed E-state index contributed by atoms with van der Waals surface area (Å²) in [5.74, 6) is 1.84. The van der Waals surface area contributed by atoms with Crippen molar-refractivity contribution in [3.05, 3.63) is 48.7 Å². The number of nitrogens with zero attached hydrogens (tertiary/aromatic N) is 3. The van der Waals surface area contributed by atoms with Crippen molar-refractivity contribution in [2.24, 2.45) is 5.92 Å². The molecule has 2 heterocycles. The van der Waals surface area contributed by atoms with E-state index in [-0.39, 0.29) is 5.82 Å². The third-order valence-corrected chi connectivity index (χ3v) is 3.69. The van der Waals surface area contributed by atoms with Crippen molar-refractivity contribution in [3.63, 3.8) is 0 Å². The van der Waals surface area contributed by atoms with Gasteiger partial charge in [0.15, 0.2) is 0 Å². The maximum absolute atomic E-state index is 12.8. The molecule has 1 saturated heterocycles. The molecule has 0 radical (unpaired) electrons. The number of rotatable bonds is 4. The lowest BCUT2D eigenvalue weighted by Gasteiger charge is -2.33. The first-order valence-corrected chi connectivity index (χ1v) is 7.20. The van der Waals surface area contributed by atoms with E-state index in [0.29, 0.717) is 18.3 Å². The molecule has 5 heteroatoms. The number of ether oxygens (including phenoxy) is 1. The molecule has 1 fully saturated rings. The standard InChI is InChI=1S/C16H18FN3O/c17-14-3-5-15(6-4-14)21-12-13-2-1-9-20(11-13)16-10-18-7-8-19-16/h3-8,10,13H,1-2,9,11-12H2/t13-/m0/s1. The normalized spacial score (nSPS) is 18.5. The predicted molar refractivity (Wildman–Crippen MR) is 78.9 cm³/mol. The van der Waals surface area contributed by atoms with Gasteiger partial charge in [0.1, 0.15) is 17.4 Å². The molecular weight excluding hydrogens is 269 g/mol. The Morgan fingerprint density at radius 1 is 1.24 bits per heavy atom. The van der Waals surface area contributed by atoms with Crippen LogP contribution >= 0.6 is 0 Å². The Morgan fingerprint density at radius 2 is 2.10 bits per heavy atom. The Kier molecular flexibility index (Phi) is 4.28. The van der Waals surface area contributed by atoms with Crippen molar-refractivity contribution < 1.29 is 9.13 Å². The first kappa shape index (κ1) is 13.8. The highest BCUT2D eigenvalue weighted by atomic mass is 19.1. The fourth-order valence-electron chi connectivity index (χ4n) is 2.61. The number of hydrogen-bond acceptors (Lipinski definition) is 4. The van der Waals surface area contributed by atoms with Crippen LogP contribution in [-0.2, 0) is 0 Å². The van der Waals surface area contributed by atoms with Gasteiger partial charge in [0.2, 0.25) is 0 Å². The number of aromatic nitrogens is 2. The zero-order valence-electron chi connectivity index (χ0n) is 11.8. The lowest BCUT2D eigenvalue weighted by atomic mass is 9.99. The monoisotopic (exact) mass is 287 g/mol. The van der Waals surface area contributed by atoms with Gasteiger partial charge in [0.05, 0.1) is 12.8 Å². The summed E-state index contributed by atoms with van der Waals surface area (Å²) in [5.41, 5.74) is 0. The van der Waals surface area contributed by atoms with Crippen molar-refractivity contribution in [1.82, 2.24) is 9.97 Å². The average Bonchev–Trinajstić information content (AvgIpc) is 2.55. The number of anilines is 1. The largest absolute Gasteiger partial charge is 0.493 e. The topological polar surface area (TPSA) is 38.2 Å². The van der Waals surface area contributed by atoms with Gasteiger partial charge in [-0.1, -0.05) is 0 Å². The van der Waals surface area contributed by atoms with Crippen LogP contribution in [0.2, 0.25) is 0 Å². The minimum Gasteiger partial charge on any atom is -0.493 e. The third-order valence-electron chi connectivity index (χ3n) is 3.69. The summed E-state index contributed by atoms with van der Waals surface area (Å²) in [4.78, 5) is 10.7. The Labute approximate surface area is 123 Å². The summed E-state index contributed by atoms with van der Waals surface area (Å²) in [5, 5.41) is 0. The quantitative estimate of drug-likeness (QED) is 0.866. The van der Waals surface area contributed by atoms with Crippen molar-refractivity contribution in [1.29, 1.82) is 0 Å². The zero-order chi connectivity index (χ0) is 14.5. The van der Waals surface area contributed by atoms with Crippen LogP contribution in [0.4, 0.5) is 10.2 Å². The van der Waals surface area contributed by atoms with Crippen LogP contribution < -0.4 is 9.64 Å². The van der Waals surface area contributed by atoms with Gasteiger partial charge in [-0.2, -0.15) is 0 Å². The van der Waals surface area contributed by atoms with E-state index in [0.717, 1.165) is 31.7 Å². The second-order valence-corrected chi connectivity index (χ2v) is 5.28. The SMILES string of the molecule is Fc1ccc(OC[C@H]2CCCN(c3cnccn3)C2)cc1. The van der Waals surface area contributed by atoms with E-state index in [1.54, 1.807) is 30.7 Å². The highest BCUT2D eigenvalue weighted by molar-refractivity contribution is 5.35. The Morgan fingerprint density at radius 3 is 2.86 bits per heavy atom. The van der Waals surface area contributed by atoms with Gasteiger partial charge in [0.25, 0.3) is 0 Å². The highest BCUT2D eigenvalue weighted by Gasteiger charge is 2.21. The van der Waals surface area contributed by atoms with E-state index in [1.807, 2.05) is 0 Å². The molecule has 1 aliphatic rings. The maximum Gasteiger partial charge on any atom is 0.147 e. The van der Waals surface area contributed by atoms with E-state index >= 15 is 0 Å². The molecule has 1 aromatic carbocycles. The van der Waals surface area contributed by atoms with Crippen LogP contribution in [0.1, 0.15) is 12.8 Å². The molecule has 0 amide bonds. The molecule has 0 spiro atoms. The smallest absolute Gasteiger partial charge is 0.147 e. The van der Waals surface area contributed by atoms with Crippen molar-refractivity contribution >= 4 is 5.82 Å². The first-order valence-electron chi connectivity index (χ1n) is 7.20. The lowest BCUT2D eigenvalue weighted by molar-refractivity contribution is 0.228. The number of halogens is 1. The maximum atomic E-state index is 12.8.